The summed E-state index contributed by atoms with van der Waals surface area (Å²) in [5.41, 5.74) is 8.08. The number of benzene rings is 1. The van der Waals surface area contributed by atoms with E-state index in [1.807, 2.05) is 6.08 Å². The number of allylic oxidation sites excluding steroid dienone is 7. The quantitative estimate of drug-likeness (QED) is 0.139. The third-order valence-corrected chi connectivity index (χ3v) is 16.6. The third kappa shape index (κ3) is 7.63. The molecule has 0 bridgehead atoms. The summed E-state index contributed by atoms with van der Waals surface area (Å²) in [6.07, 6.45) is 22.7. The van der Waals surface area contributed by atoms with Gasteiger partial charge in [0.1, 0.15) is 17.6 Å². The van der Waals surface area contributed by atoms with Crippen LogP contribution in [0.3, 0.4) is 0 Å². The van der Waals surface area contributed by atoms with Crippen molar-refractivity contribution >= 4 is 5.76 Å². The Bertz CT molecular complexity index is 1710. The van der Waals surface area contributed by atoms with E-state index in [0.29, 0.717) is 46.3 Å². The van der Waals surface area contributed by atoms with Gasteiger partial charge in [0.15, 0.2) is 0 Å². The van der Waals surface area contributed by atoms with Crippen LogP contribution in [0.4, 0.5) is 0 Å². The molecule has 0 spiro atoms. The Morgan fingerprint density at radius 3 is 2.20 bits per heavy atom. The molecular weight excluding hydrogens is 681 g/mol. The van der Waals surface area contributed by atoms with Crippen LogP contribution in [0.15, 0.2) is 90.5 Å². The summed E-state index contributed by atoms with van der Waals surface area (Å²) < 4.78 is 14.0. The molecule has 0 saturated heterocycles. The van der Waals surface area contributed by atoms with E-state index in [2.05, 4.69) is 132 Å². The van der Waals surface area contributed by atoms with Crippen LogP contribution in [0.5, 0.6) is 0 Å². The largest absolute Gasteiger partial charge is 0.495 e. The average molecular weight is 761 g/mol. The molecule has 2 heteroatoms. The van der Waals surface area contributed by atoms with Crippen molar-refractivity contribution in [2.75, 3.05) is 0 Å². The van der Waals surface area contributed by atoms with Gasteiger partial charge in [0.25, 0.3) is 0 Å². The van der Waals surface area contributed by atoms with E-state index < -0.39 is 0 Å². The van der Waals surface area contributed by atoms with Crippen molar-refractivity contribution in [1.82, 2.24) is 0 Å². The highest BCUT2D eigenvalue weighted by Crippen LogP contribution is 2.73. The fourth-order valence-corrected chi connectivity index (χ4v) is 13.5. The van der Waals surface area contributed by atoms with Crippen LogP contribution in [-0.4, -0.2) is 6.10 Å². The van der Waals surface area contributed by atoms with Crippen LogP contribution in [0, 0.1) is 63.1 Å². The normalized spacial score (nSPS) is 35.6. The maximum Gasteiger partial charge on any atom is 0.127 e. The lowest BCUT2D eigenvalue weighted by Gasteiger charge is -2.67. The summed E-state index contributed by atoms with van der Waals surface area (Å²) in [4.78, 5) is 0. The Kier molecular flexibility index (Phi) is 12.6. The monoisotopic (exact) mass is 761 g/mol. The van der Waals surface area contributed by atoms with E-state index in [9.17, 15) is 0 Å². The summed E-state index contributed by atoms with van der Waals surface area (Å²) >= 11 is 0. The minimum absolute atomic E-state index is 0.00920. The van der Waals surface area contributed by atoms with Crippen LogP contribution < -0.4 is 0 Å². The van der Waals surface area contributed by atoms with Gasteiger partial charge in [-0.1, -0.05) is 126 Å². The first-order valence-corrected chi connectivity index (χ1v) is 23.1. The van der Waals surface area contributed by atoms with Crippen LogP contribution in [0.2, 0.25) is 0 Å². The van der Waals surface area contributed by atoms with Gasteiger partial charge in [0, 0.05) is 12.0 Å². The highest BCUT2D eigenvalue weighted by molar-refractivity contribution is 5.60. The first kappa shape index (κ1) is 42.9. The summed E-state index contributed by atoms with van der Waals surface area (Å²) in [6.45, 7) is 39.7. The van der Waals surface area contributed by atoms with Gasteiger partial charge in [-0.15, -0.1) is 6.58 Å². The molecule has 10 unspecified atom stereocenters. The predicted molar refractivity (Wildman–Crippen MR) is 240 cm³/mol. The highest BCUT2D eigenvalue weighted by Gasteiger charge is 2.65. The molecule has 0 radical (unpaired) electrons. The Hall–Kier alpha value is -2.74. The van der Waals surface area contributed by atoms with E-state index in [4.69, 9.17) is 9.47 Å². The van der Waals surface area contributed by atoms with E-state index in [1.54, 1.807) is 16.7 Å². The van der Waals surface area contributed by atoms with Crippen LogP contribution in [0.1, 0.15) is 164 Å². The van der Waals surface area contributed by atoms with Gasteiger partial charge in [-0.05, 0) is 163 Å². The Morgan fingerprint density at radius 1 is 0.911 bits per heavy atom. The molecule has 5 aliphatic carbocycles. The molecule has 1 aromatic rings. The fraction of sp³-hybridized carbons (Fsp3) is 0.667. The maximum atomic E-state index is 7.24. The van der Waals surface area contributed by atoms with Crippen molar-refractivity contribution in [3.05, 3.63) is 102 Å². The smallest absolute Gasteiger partial charge is 0.127 e. The van der Waals surface area contributed by atoms with Crippen molar-refractivity contribution in [3.8, 4) is 0 Å². The number of rotatable bonds is 14. The third-order valence-electron chi connectivity index (χ3n) is 16.6. The second kappa shape index (κ2) is 16.5. The van der Waals surface area contributed by atoms with E-state index in [0.717, 1.165) is 61.5 Å². The molecule has 56 heavy (non-hydrogen) atoms. The van der Waals surface area contributed by atoms with Crippen LogP contribution in [0.25, 0.3) is 5.76 Å². The standard InChI is InChI=1S/C54H80O2/c1-15-19-42-34-54(48(32-36(7)16-2)56-39(10)41-22-20-40(17-3)21-23-41)31-27-45-43(50(54)49(42)35(5)6)24-25-47-52(13)30-28-46(55-37(8)33-51(11,12)18-4)38(9)44(52)26-29-53(45,47)14/h18-23,32,35-36,38,43-47H,4,8,10,15-17,24-31,33-34H2,1-3,5-7,9,11-14H3/b42-19-,48-32-. The number of hydrogen-bond acceptors (Lipinski definition) is 2. The lowest BCUT2D eigenvalue weighted by atomic mass is 9.38. The Labute approximate surface area is 344 Å². The molecule has 5 aliphatic rings. The van der Waals surface area contributed by atoms with Gasteiger partial charge in [-0.2, -0.15) is 0 Å². The minimum Gasteiger partial charge on any atom is -0.495 e. The van der Waals surface area contributed by atoms with Gasteiger partial charge in [0.05, 0.1) is 11.2 Å². The predicted octanol–water partition coefficient (Wildman–Crippen LogP) is 15.6. The first-order chi connectivity index (χ1) is 26.5. The maximum absolute atomic E-state index is 7.24. The van der Waals surface area contributed by atoms with Gasteiger partial charge < -0.3 is 9.47 Å². The van der Waals surface area contributed by atoms with Gasteiger partial charge in [-0.3, -0.25) is 0 Å². The van der Waals surface area contributed by atoms with Crippen molar-refractivity contribution in [3.63, 3.8) is 0 Å². The molecule has 1 aromatic carbocycles. The fourth-order valence-electron chi connectivity index (χ4n) is 13.5. The molecule has 0 aliphatic heterocycles. The van der Waals surface area contributed by atoms with E-state index in [1.165, 1.54) is 56.3 Å². The lowest BCUT2D eigenvalue weighted by Crippen LogP contribution is -2.60. The number of fused-ring (bicyclic) bond motifs is 7. The van der Waals surface area contributed by atoms with Gasteiger partial charge >= 0.3 is 0 Å². The Morgan fingerprint density at radius 2 is 1.57 bits per heavy atom. The number of ether oxygens (including phenoxy) is 2. The molecular formula is C54H80O2. The molecule has 308 valence electrons. The SMILES string of the molecule is C=CC(C)(C)CC(=C)OC1CCC2(C)C(CCC3(C)C4CCC5(/C(=C/C(C)CC)OC(=C)c6ccc(CC)cc6)C/C(=C/CC)C(C(C)C)=C5C4CCC32)C1C. The zero-order valence-electron chi connectivity index (χ0n) is 37.8. The molecule has 0 aromatic heterocycles. The number of hydrogen-bond donors (Lipinski definition) is 0. The summed E-state index contributed by atoms with van der Waals surface area (Å²) in [6, 6.07) is 8.90. The average Bonchev–Trinajstić information content (AvgIpc) is 3.51. The van der Waals surface area contributed by atoms with Crippen molar-refractivity contribution in [1.29, 1.82) is 0 Å². The molecule has 0 heterocycles. The molecule has 0 N–H and O–H groups in total. The summed E-state index contributed by atoms with van der Waals surface area (Å²) in [7, 11) is 0. The highest BCUT2D eigenvalue weighted by atomic mass is 16.5. The second-order valence-electron chi connectivity index (χ2n) is 20.9. The molecule has 0 amide bonds. The molecule has 10 atom stereocenters. The summed E-state index contributed by atoms with van der Waals surface area (Å²) in [5, 5.41) is 0. The molecule has 4 saturated carbocycles. The van der Waals surface area contributed by atoms with Crippen LogP contribution >= 0.6 is 0 Å². The van der Waals surface area contributed by atoms with Crippen molar-refractivity contribution in [2.45, 2.75) is 166 Å². The Balaban J connectivity index is 1.35. The van der Waals surface area contributed by atoms with Crippen molar-refractivity contribution in [2.24, 2.45) is 63.1 Å². The zero-order chi connectivity index (χ0) is 40.8. The van der Waals surface area contributed by atoms with Gasteiger partial charge in [0.2, 0.25) is 0 Å². The summed E-state index contributed by atoms with van der Waals surface area (Å²) in [5.74, 6) is 7.14. The molecule has 2 nitrogen and oxygen atoms in total. The second-order valence-corrected chi connectivity index (χ2v) is 20.9. The first-order valence-electron chi connectivity index (χ1n) is 23.1. The number of aryl methyl sites for hydroxylation is 1. The van der Waals surface area contributed by atoms with Crippen LogP contribution in [-0.2, 0) is 15.9 Å². The topological polar surface area (TPSA) is 18.5 Å². The zero-order valence-corrected chi connectivity index (χ0v) is 37.8. The van der Waals surface area contributed by atoms with E-state index >= 15 is 0 Å². The molecule has 4 fully saturated rings. The lowest BCUT2D eigenvalue weighted by molar-refractivity contribution is -0.180. The molecule has 6 rings (SSSR count). The minimum atomic E-state index is -0.103. The van der Waals surface area contributed by atoms with Gasteiger partial charge in [-0.25, -0.2) is 0 Å². The van der Waals surface area contributed by atoms with E-state index in [-0.39, 0.29) is 16.9 Å². The van der Waals surface area contributed by atoms with Crippen molar-refractivity contribution < 1.29 is 9.47 Å².